The second kappa shape index (κ2) is 17.5. The Balaban J connectivity index is 5.02. The summed E-state index contributed by atoms with van der Waals surface area (Å²) < 4.78 is 260. The summed E-state index contributed by atoms with van der Waals surface area (Å²) in [5.41, 5.74) is -3.53. The molecule has 24 heteroatoms. The largest absolute Gasteiger partial charge is 0.460 e. The highest BCUT2D eigenvalue weighted by molar-refractivity contribution is 5.01. The van der Waals surface area contributed by atoms with Gasteiger partial charge in [-0.3, -0.25) is 0 Å². The van der Waals surface area contributed by atoms with Crippen LogP contribution in [0, 0.1) is 16.2 Å². The van der Waals surface area contributed by atoms with Crippen LogP contribution in [0.1, 0.15) is 40.5 Å². The van der Waals surface area contributed by atoms with E-state index >= 15 is 0 Å². The molecule has 0 rings (SSSR count). The first kappa shape index (κ1) is 50.5. The maximum Gasteiger partial charge on any atom is 0.460 e. The second-order valence-corrected chi connectivity index (χ2v) is 13.7. The van der Waals surface area contributed by atoms with Crippen LogP contribution in [-0.2, 0) is 23.7 Å². The number of aliphatic hydroxyl groups is 1. The molecule has 0 aromatic rings. The Hall–Kier alpha value is -1.50. The van der Waals surface area contributed by atoms with Crippen LogP contribution >= 0.6 is 0 Å². The zero-order valence-corrected chi connectivity index (χ0v) is 28.3. The van der Waals surface area contributed by atoms with Crippen LogP contribution in [0.5, 0.6) is 0 Å². The molecule has 0 aliphatic heterocycles. The lowest BCUT2D eigenvalue weighted by Crippen LogP contribution is -2.61. The molecule has 0 amide bonds. The molecule has 0 radical (unpaired) electrons. The summed E-state index contributed by atoms with van der Waals surface area (Å²) in [6.45, 7) is -0.287. The molecule has 0 fully saturated rings. The highest BCUT2D eigenvalue weighted by Crippen LogP contribution is 2.55. The molecule has 0 aromatic carbocycles. The molecule has 0 spiro atoms. The van der Waals surface area contributed by atoms with Gasteiger partial charge in [-0.2, -0.15) is 79.0 Å². The minimum atomic E-state index is -7.05. The fourth-order valence-electron chi connectivity index (χ4n) is 3.96. The summed E-state index contributed by atoms with van der Waals surface area (Å²) in [7, 11) is 1.19. The van der Waals surface area contributed by atoms with Crippen molar-refractivity contribution in [3.63, 3.8) is 0 Å². The Kier molecular flexibility index (Phi) is 17.0. The number of hydrogen-bond donors (Lipinski definition) is 1. The van der Waals surface area contributed by atoms with E-state index in [-0.39, 0.29) is 26.4 Å². The molecule has 2 unspecified atom stereocenters. The number of hydrogen-bond acceptors (Lipinski definition) is 6. The Labute approximate surface area is 286 Å². The van der Waals surface area contributed by atoms with E-state index in [0.717, 1.165) is 0 Å². The lowest BCUT2D eigenvalue weighted by atomic mass is 9.92. The number of rotatable bonds is 25. The molecule has 52 heavy (non-hydrogen) atoms. The van der Waals surface area contributed by atoms with Crippen molar-refractivity contribution in [1.82, 2.24) is 0 Å². The van der Waals surface area contributed by atoms with Gasteiger partial charge >= 0.3 is 47.9 Å². The molecule has 314 valence electrons. The molecule has 1 N–H and O–H groups in total. The van der Waals surface area contributed by atoms with E-state index in [1.54, 1.807) is 13.8 Å². The maximum atomic E-state index is 13.8. The zero-order chi connectivity index (χ0) is 41.5. The van der Waals surface area contributed by atoms with Crippen LogP contribution in [0.3, 0.4) is 0 Å². The number of halogens is 18. The van der Waals surface area contributed by atoms with Gasteiger partial charge in [-0.1, -0.05) is 27.7 Å². The van der Waals surface area contributed by atoms with E-state index in [4.69, 9.17) is 23.7 Å². The first-order valence-electron chi connectivity index (χ1n) is 14.8. The van der Waals surface area contributed by atoms with Crippen molar-refractivity contribution in [1.29, 1.82) is 0 Å². The van der Waals surface area contributed by atoms with Crippen molar-refractivity contribution in [2.24, 2.45) is 16.2 Å². The van der Waals surface area contributed by atoms with E-state index < -0.39 is 117 Å². The van der Waals surface area contributed by atoms with Crippen molar-refractivity contribution in [2.75, 3.05) is 73.2 Å². The Morgan fingerprint density at radius 1 is 0.404 bits per heavy atom. The second-order valence-electron chi connectivity index (χ2n) is 13.7. The van der Waals surface area contributed by atoms with Gasteiger partial charge in [0.1, 0.15) is 0 Å². The maximum absolute atomic E-state index is 13.8. The highest BCUT2D eigenvalue weighted by atomic mass is 19.4. The van der Waals surface area contributed by atoms with E-state index in [1.165, 1.54) is 21.0 Å². The van der Waals surface area contributed by atoms with Gasteiger partial charge in [-0.05, 0) is 0 Å². The molecule has 6 nitrogen and oxygen atoms in total. The third-order valence-electron chi connectivity index (χ3n) is 7.20. The minimum Gasteiger partial charge on any atom is -0.396 e. The standard InChI is InChI=1S/C28H40F18O6/c1-18(2,11-51-15-19(3,10-47)14-49-8-6-21(29,30)23(33,34)25(37,38)27(41,42)43)12-52-17-20(4,13-48-5)16-50-9-7-22(31,32)24(35,36)26(39,40)28(44,45)46/h47H,6-17H2,1-5H3. The Morgan fingerprint density at radius 2 is 0.712 bits per heavy atom. The fourth-order valence-corrected chi connectivity index (χ4v) is 3.96. The molecule has 0 saturated heterocycles. The smallest absolute Gasteiger partial charge is 0.396 e. The summed E-state index contributed by atoms with van der Waals surface area (Å²) in [5, 5.41) is 9.66. The van der Waals surface area contributed by atoms with Gasteiger partial charge in [0.15, 0.2) is 0 Å². The van der Waals surface area contributed by atoms with Crippen LogP contribution in [0.4, 0.5) is 79.0 Å². The average molecular weight is 815 g/mol. The zero-order valence-electron chi connectivity index (χ0n) is 28.3. The minimum absolute atomic E-state index is 0.151. The van der Waals surface area contributed by atoms with Crippen molar-refractivity contribution in [3.8, 4) is 0 Å². The average Bonchev–Trinajstić information content (AvgIpc) is 2.96. The number of alkyl halides is 18. The summed E-state index contributed by atoms with van der Waals surface area (Å²) >= 11 is 0. The van der Waals surface area contributed by atoms with Crippen molar-refractivity contribution >= 4 is 0 Å². The molecular formula is C28H40F18O6. The fraction of sp³-hybridized carbons (Fsp3) is 1.00. The topological polar surface area (TPSA) is 66.4 Å². The Morgan fingerprint density at radius 3 is 1.02 bits per heavy atom. The molecular weight excluding hydrogens is 774 g/mol. The van der Waals surface area contributed by atoms with Crippen molar-refractivity contribution in [2.45, 2.75) is 88.4 Å². The lowest BCUT2D eigenvalue weighted by molar-refractivity contribution is -0.397. The molecule has 0 saturated carbocycles. The summed E-state index contributed by atoms with van der Waals surface area (Å²) in [6, 6.07) is 0. The van der Waals surface area contributed by atoms with Crippen LogP contribution in [0.15, 0.2) is 0 Å². The molecule has 0 heterocycles. The highest BCUT2D eigenvalue weighted by Gasteiger charge is 2.82. The van der Waals surface area contributed by atoms with E-state index in [2.05, 4.69) is 0 Å². The van der Waals surface area contributed by atoms with Crippen LogP contribution < -0.4 is 0 Å². The van der Waals surface area contributed by atoms with Gasteiger partial charge in [0.05, 0.1) is 66.1 Å². The van der Waals surface area contributed by atoms with Gasteiger partial charge in [0, 0.05) is 36.2 Å². The number of aliphatic hydroxyl groups excluding tert-OH is 1. The Bertz CT molecular complexity index is 1080. The van der Waals surface area contributed by atoms with Crippen molar-refractivity contribution in [3.05, 3.63) is 0 Å². The van der Waals surface area contributed by atoms with E-state index in [1.807, 2.05) is 0 Å². The predicted octanol–water partition coefficient (Wildman–Crippen LogP) is 8.45. The van der Waals surface area contributed by atoms with Gasteiger partial charge in [-0.15, -0.1) is 0 Å². The predicted molar refractivity (Wildman–Crippen MR) is 143 cm³/mol. The molecule has 0 aromatic heterocycles. The first-order chi connectivity index (χ1) is 22.9. The lowest BCUT2D eigenvalue weighted by Gasteiger charge is -2.34. The summed E-state index contributed by atoms with van der Waals surface area (Å²) in [6.07, 6.45) is -18.4. The molecule has 0 aliphatic rings. The van der Waals surface area contributed by atoms with Gasteiger partial charge < -0.3 is 28.8 Å². The van der Waals surface area contributed by atoms with E-state index in [0.29, 0.717) is 0 Å². The summed E-state index contributed by atoms with van der Waals surface area (Å²) in [5.74, 6) is -39.4. The SMILES string of the molecule is COCC(C)(COCCC(F)(F)C(F)(F)C(F)(F)C(F)(F)F)COCC(C)(C)COCC(C)(CO)COCCC(F)(F)C(F)(F)C(F)(F)C(F)(F)F. The van der Waals surface area contributed by atoms with Crippen LogP contribution in [-0.4, -0.2) is 126 Å². The normalized spacial score (nSPS) is 17.3. The summed E-state index contributed by atoms with van der Waals surface area (Å²) in [4.78, 5) is 0. The first-order valence-corrected chi connectivity index (χ1v) is 14.8. The third-order valence-corrected chi connectivity index (χ3v) is 7.20. The quantitative estimate of drug-likeness (QED) is 0.0738. The van der Waals surface area contributed by atoms with Crippen LogP contribution in [0.2, 0.25) is 0 Å². The number of ether oxygens (including phenoxy) is 5. The monoisotopic (exact) mass is 814 g/mol. The van der Waals surface area contributed by atoms with E-state index in [9.17, 15) is 84.1 Å². The third kappa shape index (κ3) is 12.5. The van der Waals surface area contributed by atoms with Gasteiger partial charge in [0.25, 0.3) is 0 Å². The molecule has 0 bridgehead atoms. The van der Waals surface area contributed by atoms with Gasteiger partial charge in [0.2, 0.25) is 0 Å². The number of methoxy groups -OCH3 is 1. The van der Waals surface area contributed by atoms with Gasteiger partial charge in [-0.25, -0.2) is 0 Å². The molecule has 0 aliphatic carbocycles. The van der Waals surface area contributed by atoms with Crippen molar-refractivity contribution < 1.29 is 108 Å². The van der Waals surface area contributed by atoms with Crippen LogP contribution in [0.25, 0.3) is 0 Å². The molecule has 2 atom stereocenters.